The van der Waals surface area contributed by atoms with Crippen LogP contribution >= 0.6 is 0 Å². The van der Waals surface area contributed by atoms with E-state index in [-0.39, 0.29) is 12.6 Å². The van der Waals surface area contributed by atoms with Crippen molar-refractivity contribution in [3.63, 3.8) is 0 Å². The van der Waals surface area contributed by atoms with E-state index in [1.807, 2.05) is 79.7 Å². The van der Waals surface area contributed by atoms with Crippen molar-refractivity contribution in [2.24, 2.45) is 4.99 Å². The van der Waals surface area contributed by atoms with Gasteiger partial charge in [-0.15, -0.1) is 0 Å². The normalized spacial score (nSPS) is 19.2. The summed E-state index contributed by atoms with van der Waals surface area (Å²) in [4.78, 5) is 17.5. The number of rotatable bonds is 6. The number of ether oxygens (including phenoxy) is 1. The maximum absolute atomic E-state index is 13.0. The summed E-state index contributed by atoms with van der Waals surface area (Å²) in [5.74, 6) is -0.357. The highest BCUT2D eigenvalue weighted by atomic mass is 16.5. The lowest BCUT2D eigenvalue weighted by Gasteiger charge is -2.26. The zero-order valence-electron chi connectivity index (χ0n) is 14.3. The molecule has 0 aromatic heterocycles. The molecule has 25 heavy (non-hydrogen) atoms. The van der Waals surface area contributed by atoms with E-state index in [1.165, 1.54) is 0 Å². The molecule has 0 bridgehead atoms. The number of aliphatic imine (C=N–C) groups is 1. The van der Waals surface area contributed by atoms with Gasteiger partial charge in [-0.3, -0.25) is 4.99 Å². The average molecular weight is 331 g/mol. The molecule has 0 aliphatic carbocycles. The van der Waals surface area contributed by atoms with Crippen molar-refractivity contribution in [3.8, 4) is 0 Å². The van der Waals surface area contributed by atoms with E-state index in [4.69, 9.17) is 4.74 Å². The minimum absolute atomic E-state index is 0.235. The summed E-state index contributed by atoms with van der Waals surface area (Å²) in [5, 5.41) is 0. The third kappa shape index (κ3) is 3.61. The number of carbonyl (C=O) groups is 1. The largest absolute Gasteiger partial charge is 0.459 e. The van der Waals surface area contributed by atoms with Crippen LogP contribution in [0.1, 0.15) is 24.5 Å². The van der Waals surface area contributed by atoms with Crippen molar-refractivity contribution >= 4 is 17.8 Å². The molecule has 1 aliphatic rings. The highest BCUT2D eigenvalue weighted by Gasteiger charge is 2.42. The first-order chi connectivity index (χ1) is 12.3. The predicted molar refractivity (Wildman–Crippen MR) is 101 cm³/mol. The molecule has 0 amide bonds. The van der Waals surface area contributed by atoms with Crippen LogP contribution in [0.5, 0.6) is 0 Å². The summed E-state index contributed by atoms with van der Waals surface area (Å²) in [6.07, 6.45) is 8.13. The Morgan fingerprint density at radius 1 is 1.08 bits per heavy atom. The SMILES string of the molecule is CCC=C(c1ccccc1)C1(C(=O)OCc2ccccc2)C=CC=N1. The highest BCUT2D eigenvalue weighted by Crippen LogP contribution is 2.36. The van der Waals surface area contributed by atoms with Crippen molar-refractivity contribution in [2.45, 2.75) is 25.5 Å². The number of benzene rings is 2. The van der Waals surface area contributed by atoms with Gasteiger partial charge in [0.1, 0.15) is 6.61 Å². The van der Waals surface area contributed by atoms with Gasteiger partial charge in [0.2, 0.25) is 5.54 Å². The molecule has 0 radical (unpaired) electrons. The van der Waals surface area contributed by atoms with Crippen LogP contribution in [0.25, 0.3) is 5.57 Å². The Morgan fingerprint density at radius 2 is 1.76 bits per heavy atom. The lowest BCUT2D eigenvalue weighted by Crippen LogP contribution is -2.36. The quantitative estimate of drug-likeness (QED) is 0.726. The number of allylic oxidation sites excluding steroid dienone is 2. The summed E-state index contributed by atoms with van der Waals surface area (Å²) in [7, 11) is 0. The molecule has 126 valence electrons. The molecule has 0 saturated carbocycles. The van der Waals surface area contributed by atoms with E-state index in [2.05, 4.69) is 4.99 Å². The van der Waals surface area contributed by atoms with Gasteiger partial charge in [0.15, 0.2) is 0 Å². The number of hydrogen-bond acceptors (Lipinski definition) is 3. The summed E-state index contributed by atoms with van der Waals surface area (Å²) >= 11 is 0. The molecule has 1 aliphatic heterocycles. The minimum Gasteiger partial charge on any atom is -0.459 e. The molecular weight excluding hydrogens is 310 g/mol. The Morgan fingerprint density at radius 3 is 2.36 bits per heavy atom. The molecule has 0 saturated heterocycles. The topological polar surface area (TPSA) is 38.7 Å². The number of carbonyl (C=O) groups excluding carboxylic acids is 1. The minimum atomic E-state index is -1.11. The number of esters is 1. The van der Waals surface area contributed by atoms with Crippen LogP contribution in [-0.4, -0.2) is 17.7 Å². The third-order valence-electron chi connectivity index (χ3n) is 4.13. The van der Waals surface area contributed by atoms with E-state index in [9.17, 15) is 4.79 Å². The van der Waals surface area contributed by atoms with E-state index in [1.54, 1.807) is 12.3 Å². The lowest BCUT2D eigenvalue weighted by atomic mass is 9.85. The van der Waals surface area contributed by atoms with Crippen LogP contribution in [0.3, 0.4) is 0 Å². The predicted octanol–water partition coefficient (Wildman–Crippen LogP) is 4.60. The van der Waals surface area contributed by atoms with Gasteiger partial charge in [0.05, 0.1) is 0 Å². The van der Waals surface area contributed by atoms with Crippen molar-refractivity contribution in [1.82, 2.24) is 0 Å². The van der Waals surface area contributed by atoms with Gasteiger partial charge in [-0.2, -0.15) is 0 Å². The van der Waals surface area contributed by atoms with Crippen LogP contribution in [0, 0.1) is 0 Å². The molecule has 3 rings (SSSR count). The molecular formula is C22H21NO2. The van der Waals surface area contributed by atoms with Gasteiger partial charge < -0.3 is 4.74 Å². The standard InChI is InChI=1S/C22H21NO2/c1-2-10-20(19-13-7-4-8-14-19)22(15-9-16-23-22)21(24)25-17-18-11-5-3-6-12-18/h3-16H,2,17H2,1H3. The second kappa shape index (κ2) is 7.75. The van der Waals surface area contributed by atoms with Gasteiger partial charge >= 0.3 is 5.97 Å². The third-order valence-corrected chi connectivity index (χ3v) is 4.13. The molecule has 1 unspecified atom stereocenters. The molecule has 0 fully saturated rings. The zero-order valence-corrected chi connectivity index (χ0v) is 14.3. The molecule has 2 aromatic carbocycles. The van der Waals surface area contributed by atoms with Crippen molar-refractivity contribution < 1.29 is 9.53 Å². The van der Waals surface area contributed by atoms with Crippen molar-refractivity contribution in [1.29, 1.82) is 0 Å². The van der Waals surface area contributed by atoms with Crippen molar-refractivity contribution in [3.05, 3.63) is 90.0 Å². The van der Waals surface area contributed by atoms with Crippen LogP contribution in [0.15, 0.2) is 83.9 Å². The van der Waals surface area contributed by atoms with Gasteiger partial charge in [-0.25, -0.2) is 4.79 Å². The second-order valence-electron chi connectivity index (χ2n) is 5.86. The van der Waals surface area contributed by atoms with Crippen LogP contribution in [-0.2, 0) is 16.1 Å². The summed E-state index contributed by atoms with van der Waals surface area (Å²) < 4.78 is 5.62. The monoisotopic (exact) mass is 331 g/mol. The van der Waals surface area contributed by atoms with Crippen LogP contribution in [0.4, 0.5) is 0 Å². The molecule has 2 aromatic rings. The van der Waals surface area contributed by atoms with Crippen LogP contribution < -0.4 is 0 Å². The fraction of sp³-hybridized carbons (Fsp3) is 0.182. The smallest absolute Gasteiger partial charge is 0.343 e. The van der Waals surface area contributed by atoms with E-state index in [0.29, 0.717) is 0 Å². The Balaban J connectivity index is 1.90. The van der Waals surface area contributed by atoms with E-state index >= 15 is 0 Å². The Hall–Kier alpha value is -2.94. The molecule has 0 spiro atoms. The Kier molecular flexibility index (Phi) is 5.24. The molecule has 3 nitrogen and oxygen atoms in total. The Bertz CT molecular complexity index is 792. The first-order valence-corrected chi connectivity index (χ1v) is 8.46. The lowest BCUT2D eigenvalue weighted by molar-refractivity contribution is -0.147. The van der Waals surface area contributed by atoms with Crippen LogP contribution in [0.2, 0.25) is 0 Å². The maximum atomic E-state index is 13.0. The van der Waals surface area contributed by atoms with Gasteiger partial charge in [-0.05, 0) is 35.3 Å². The van der Waals surface area contributed by atoms with E-state index in [0.717, 1.165) is 23.1 Å². The molecule has 0 N–H and O–H groups in total. The molecule has 1 heterocycles. The first kappa shape index (κ1) is 16.9. The van der Waals surface area contributed by atoms with E-state index < -0.39 is 5.54 Å². The zero-order chi connectivity index (χ0) is 17.5. The fourth-order valence-electron chi connectivity index (χ4n) is 2.92. The molecule has 3 heteroatoms. The fourth-order valence-corrected chi connectivity index (χ4v) is 2.92. The average Bonchev–Trinajstić information content (AvgIpc) is 3.16. The number of nitrogens with zero attached hydrogens (tertiary/aromatic N) is 1. The van der Waals surface area contributed by atoms with Gasteiger partial charge in [0.25, 0.3) is 0 Å². The summed E-state index contributed by atoms with van der Waals surface area (Å²) in [6, 6.07) is 19.5. The molecule has 1 atom stereocenters. The first-order valence-electron chi connectivity index (χ1n) is 8.46. The van der Waals surface area contributed by atoms with Crippen molar-refractivity contribution in [2.75, 3.05) is 0 Å². The highest BCUT2D eigenvalue weighted by molar-refractivity contribution is 6.04. The summed E-state index contributed by atoms with van der Waals surface area (Å²) in [5.41, 5.74) is 1.69. The van der Waals surface area contributed by atoms with Gasteiger partial charge in [0, 0.05) is 6.21 Å². The Labute approximate surface area is 148 Å². The number of hydrogen-bond donors (Lipinski definition) is 0. The maximum Gasteiger partial charge on any atom is 0.343 e. The summed E-state index contributed by atoms with van der Waals surface area (Å²) in [6.45, 7) is 2.29. The second-order valence-corrected chi connectivity index (χ2v) is 5.86. The van der Waals surface area contributed by atoms with Gasteiger partial charge in [-0.1, -0.05) is 73.7 Å².